The standard InChI is InChI=1S/C31H31F2N5O3S/c1-36(2)16-15-34-26(39)18-37-27(40)19-42-30(24-14-9-21(32)17-25(24)33)28-29(20-7-5-4-6-8-20)35-38(31(28)37)22-10-12-23(41-3)13-11-22/h4-14,17,30H,15-16,18-19H2,1-3H3,(H,34,39)/t30-/m1/s1. The van der Waals surface area contributed by atoms with Crippen LogP contribution < -0.4 is 15.0 Å². The molecule has 0 fully saturated rings. The molecule has 2 amide bonds. The summed E-state index contributed by atoms with van der Waals surface area (Å²) in [5.41, 5.74) is 2.66. The largest absolute Gasteiger partial charge is 0.497 e. The number of thioether (sulfide) groups is 1. The molecule has 1 aromatic heterocycles. The van der Waals surface area contributed by atoms with E-state index >= 15 is 4.39 Å². The Labute approximate surface area is 247 Å². The number of nitrogens with one attached hydrogen (secondary N) is 1. The van der Waals surface area contributed by atoms with Crippen LogP contribution in [0.2, 0.25) is 0 Å². The SMILES string of the molecule is COc1ccc(-n2nc(-c3ccccc3)c3c2N(CC(=O)NCCN(C)C)C(=O)CS[C@@H]3c2ccc(F)cc2F)cc1. The van der Waals surface area contributed by atoms with Crippen molar-refractivity contribution in [2.75, 3.05) is 51.5 Å². The minimum absolute atomic E-state index is 0.0298. The molecule has 1 aliphatic heterocycles. The van der Waals surface area contributed by atoms with Gasteiger partial charge < -0.3 is 15.0 Å². The van der Waals surface area contributed by atoms with Gasteiger partial charge in [0.1, 0.15) is 29.7 Å². The average molecular weight is 592 g/mol. The predicted molar refractivity (Wildman–Crippen MR) is 160 cm³/mol. The fourth-order valence-corrected chi connectivity index (χ4v) is 6.03. The van der Waals surface area contributed by atoms with Gasteiger partial charge in [-0.15, -0.1) is 11.8 Å². The highest BCUT2D eigenvalue weighted by atomic mass is 32.2. The van der Waals surface area contributed by atoms with Gasteiger partial charge >= 0.3 is 0 Å². The number of benzene rings is 3. The monoisotopic (exact) mass is 591 g/mol. The highest BCUT2D eigenvalue weighted by Crippen LogP contribution is 2.49. The van der Waals surface area contributed by atoms with Gasteiger partial charge in [0.2, 0.25) is 11.8 Å². The van der Waals surface area contributed by atoms with Crippen LogP contribution in [0.25, 0.3) is 16.9 Å². The van der Waals surface area contributed by atoms with Crippen LogP contribution in [-0.2, 0) is 9.59 Å². The zero-order chi connectivity index (χ0) is 29.8. The summed E-state index contributed by atoms with van der Waals surface area (Å²) in [7, 11) is 5.37. The number of hydrogen-bond donors (Lipinski definition) is 1. The molecule has 0 bridgehead atoms. The molecule has 0 unspecified atom stereocenters. The summed E-state index contributed by atoms with van der Waals surface area (Å²) in [5.74, 6) is -1.13. The second kappa shape index (κ2) is 12.7. The van der Waals surface area contributed by atoms with Crippen LogP contribution in [0.15, 0.2) is 72.8 Å². The molecule has 2 heterocycles. The number of carbonyl (C=O) groups excluding carboxylic acids is 2. The summed E-state index contributed by atoms with van der Waals surface area (Å²) in [6.45, 7) is 0.787. The molecule has 1 atom stereocenters. The van der Waals surface area contributed by atoms with Crippen LogP contribution in [0.5, 0.6) is 5.75 Å². The maximum Gasteiger partial charge on any atom is 0.240 e. The van der Waals surface area contributed by atoms with E-state index in [2.05, 4.69) is 5.32 Å². The summed E-state index contributed by atoms with van der Waals surface area (Å²) >= 11 is 1.22. The first-order valence-corrected chi connectivity index (χ1v) is 14.4. The van der Waals surface area contributed by atoms with Crippen molar-refractivity contribution in [3.8, 4) is 22.7 Å². The zero-order valence-electron chi connectivity index (χ0n) is 23.5. The number of ether oxygens (including phenoxy) is 1. The topological polar surface area (TPSA) is 79.7 Å². The van der Waals surface area contributed by atoms with Crippen LogP contribution in [0.4, 0.5) is 14.6 Å². The molecule has 3 aromatic carbocycles. The van der Waals surface area contributed by atoms with Crippen molar-refractivity contribution < 1.29 is 23.1 Å². The summed E-state index contributed by atoms with van der Waals surface area (Å²) in [4.78, 5) is 30.2. The number of amides is 2. The highest BCUT2D eigenvalue weighted by Gasteiger charge is 2.38. The number of nitrogens with zero attached hydrogens (tertiary/aromatic N) is 4. The second-order valence-corrected chi connectivity index (χ2v) is 11.1. The van der Waals surface area contributed by atoms with Crippen LogP contribution >= 0.6 is 11.8 Å². The smallest absolute Gasteiger partial charge is 0.240 e. The first-order valence-electron chi connectivity index (χ1n) is 13.4. The van der Waals surface area contributed by atoms with Gasteiger partial charge in [-0.3, -0.25) is 14.5 Å². The molecule has 1 aliphatic rings. The number of rotatable bonds is 9. The van der Waals surface area contributed by atoms with E-state index in [0.717, 1.165) is 11.6 Å². The fraction of sp³-hybridized carbons (Fsp3) is 0.258. The van der Waals surface area contributed by atoms with Gasteiger partial charge in [-0.25, -0.2) is 13.5 Å². The van der Waals surface area contributed by atoms with Crippen molar-refractivity contribution >= 4 is 29.4 Å². The highest BCUT2D eigenvalue weighted by molar-refractivity contribution is 8.00. The Balaban J connectivity index is 1.73. The van der Waals surface area contributed by atoms with Crippen molar-refractivity contribution in [1.29, 1.82) is 0 Å². The second-order valence-electron chi connectivity index (χ2n) is 10.1. The van der Waals surface area contributed by atoms with Crippen molar-refractivity contribution in [2.24, 2.45) is 0 Å². The van der Waals surface area contributed by atoms with E-state index in [4.69, 9.17) is 9.84 Å². The molecule has 4 aromatic rings. The third kappa shape index (κ3) is 6.17. The molecular weight excluding hydrogens is 560 g/mol. The first-order chi connectivity index (χ1) is 20.3. The average Bonchev–Trinajstić information content (AvgIpc) is 3.31. The Hall–Kier alpha value is -4.22. The molecule has 0 saturated carbocycles. The lowest BCUT2D eigenvalue weighted by molar-refractivity contribution is -0.122. The van der Waals surface area contributed by atoms with Gasteiger partial charge in [0.05, 0.1) is 29.5 Å². The van der Waals surface area contributed by atoms with E-state index in [0.29, 0.717) is 41.6 Å². The Kier molecular flexibility index (Phi) is 8.89. The van der Waals surface area contributed by atoms with Crippen molar-refractivity contribution in [3.05, 3.63) is 95.6 Å². The Morgan fingerprint density at radius 3 is 2.50 bits per heavy atom. The van der Waals surface area contributed by atoms with Crippen molar-refractivity contribution in [1.82, 2.24) is 20.0 Å². The molecule has 8 nitrogen and oxygen atoms in total. The molecule has 0 radical (unpaired) electrons. The number of methoxy groups -OCH3 is 1. The van der Waals surface area contributed by atoms with Gasteiger partial charge in [0.25, 0.3) is 0 Å². The lowest BCUT2D eigenvalue weighted by Gasteiger charge is -2.23. The molecule has 0 saturated heterocycles. The number of fused-ring (bicyclic) bond motifs is 1. The van der Waals surface area contributed by atoms with E-state index in [1.165, 1.54) is 28.8 Å². The number of carbonyl (C=O) groups is 2. The fourth-order valence-electron chi connectivity index (χ4n) is 4.81. The van der Waals surface area contributed by atoms with E-state index < -0.39 is 16.9 Å². The van der Waals surface area contributed by atoms with Crippen molar-refractivity contribution in [2.45, 2.75) is 5.25 Å². The van der Waals surface area contributed by atoms with Gasteiger partial charge in [-0.1, -0.05) is 36.4 Å². The van der Waals surface area contributed by atoms with Gasteiger partial charge in [-0.2, -0.15) is 5.10 Å². The third-order valence-corrected chi connectivity index (χ3v) is 8.12. The van der Waals surface area contributed by atoms with Crippen molar-refractivity contribution in [3.63, 3.8) is 0 Å². The predicted octanol–water partition coefficient (Wildman–Crippen LogP) is 4.67. The number of halogens is 2. The molecule has 0 spiro atoms. The Morgan fingerprint density at radius 2 is 1.83 bits per heavy atom. The van der Waals surface area contributed by atoms with Crippen LogP contribution in [-0.4, -0.2) is 73.1 Å². The maximum absolute atomic E-state index is 15.4. The summed E-state index contributed by atoms with van der Waals surface area (Å²) < 4.78 is 36.3. The van der Waals surface area contributed by atoms with E-state index in [-0.39, 0.29) is 29.7 Å². The minimum Gasteiger partial charge on any atom is -0.497 e. The summed E-state index contributed by atoms with van der Waals surface area (Å²) in [6, 6.07) is 20.0. The van der Waals surface area contributed by atoms with Crippen LogP contribution in [0.3, 0.4) is 0 Å². The Bertz CT molecular complexity index is 1580. The minimum atomic E-state index is -0.725. The van der Waals surface area contributed by atoms with Gasteiger partial charge in [0.15, 0.2) is 0 Å². The quantitative estimate of drug-likeness (QED) is 0.305. The third-order valence-electron chi connectivity index (χ3n) is 6.88. The van der Waals surface area contributed by atoms with Gasteiger partial charge in [-0.05, 0) is 44.4 Å². The summed E-state index contributed by atoms with van der Waals surface area (Å²) in [6.07, 6.45) is 0. The molecule has 11 heteroatoms. The molecule has 0 aliphatic carbocycles. The van der Waals surface area contributed by atoms with E-state index in [9.17, 15) is 14.0 Å². The normalized spacial score (nSPS) is 15.0. The zero-order valence-corrected chi connectivity index (χ0v) is 24.3. The molecular formula is C31H31F2N5O3S. The summed E-state index contributed by atoms with van der Waals surface area (Å²) in [5, 5.41) is 7.12. The number of hydrogen-bond acceptors (Lipinski definition) is 6. The first kappa shape index (κ1) is 29.3. The molecule has 5 rings (SSSR count). The molecule has 1 N–H and O–H groups in total. The lowest BCUT2D eigenvalue weighted by atomic mass is 9.99. The Morgan fingerprint density at radius 1 is 1.10 bits per heavy atom. The molecule has 42 heavy (non-hydrogen) atoms. The number of aromatic nitrogens is 2. The number of anilines is 1. The maximum atomic E-state index is 15.4. The van der Waals surface area contributed by atoms with Crippen LogP contribution in [0.1, 0.15) is 16.4 Å². The number of likely N-dealkylation sites (N-methyl/N-ethyl adjacent to an activating group) is 1. The van der Waals surface area contributed by atoms with Crippen LogP contribution in [0, 0.1) is 11.6 Å². The molecule has 218 valence electrons. The van der Waals surface area contributed by atoms with Gasteiger partial charge in [0, 0.05) is 35.8 Å². The van der Waals surface area contributed by atoms with E-state index in [1.807, 2.05) is 49.3 Å². The lowest BCUT2D eigenvalue weighted by Crippen LogP contribution is -2.43. The van der Waals surface area contributed by atoms with E-state index in [1.54, 1.807) is 36.1 Å².